The monoisotopic (exact) mass is 524 g/mol. The maximum absolute atomic E-state index is 13.1. The summed E-state index contributed by atoms with van der Waals surface area (Å²) in [5.74, 6) is -1.43. The molecule has 0 saturated carbocycles. The Balaban J connectivity index is 1.26. The Kier molecular flexibility index (Phi) is 7.31. The van der Waals surface area contributed by atoms with Crippen molar-refractivity contribution in [2.75, 3.05) is 0 Å². The first-order chi connectivity index (χ1) is 18.9. The number of hydrazone groups is 1. The van der Waals surface area contributed by atoms with Crippen molar-refractivity contribution in [3.63, 3.8) is 0 Å². The van der Waals surface area contributed by atoms with E-state index in [1.165, 1.54) is 12.1 Å². The van der Waals surface area contributed by atoms with Gasteiger partial charge in [-0.1, -0.05) is 42.5 Å². The first kappa shape index (κ1) is 25.6. The predicted molar refractivity (Wildman–Crippen MR) is 144 cm³/mol. The zero-order valence-corrected chi connectivity index (χ0v) is 21.1. The molecule has 196 valence electrons. The fourth-order valence-corrected chi connectivity index (χ4v) is 4.47. The van der Waals surface area contributed by atoms with Crippen LogP contribution in [0.2, 0.25) is 0 Å². The lowest BCUT2D eigenvalue weighted by Gasteiger charge is -2.13. The topological polar surface area (TPSA) is 113 Å². The van der Waals surface area contributed by atoms with E-state index in [1.807, 2.05) is 42.5 Å². The number of fused-ring (bicyclic) bond motifs is 1. The SMILES string of the molecule is Cc1c(C(=O)NNC(=O)c2ccc(F)cc2)oc2c1/C(=N/NC(=O)c1ccc(-c3ccccc3)cc1)CCC2. The van der Waals surface area contributed by atoms with E-state index in [9.17, 15) is 18.8 Å². The summed E-state index contributed by atoms with van der Waals surface area (Å²) in [5, 5.41) is 4.36. The summed E-state index contributed by atoms with van der Waals surface area (Å²) in [6, 6.07) is 22.1. The predicted octanol–water partition coefficient (Wildman–Crippen LogP) is 4.94. The molecule has 0 bridgehead atoms. The summed E-state index contributed by atoms with van der Waals surface area (Å²) in [5.41, 5.74) is 11.8. The van der Waals surface area contributed by atoms with Crippen LogP contribution >= 0.6 is 0 Å². The molecule has 1 aliphatic rings. The van der Waals surface area contributed by atoms with Gasteiger partial charge in [0.2, 0.25) is 0 Å². The van der Waals surface area contributed by atoms with Crippen molar-refractivity contribution >= 4 is 23.4 Å². The molecule has 39 heavy (non-hydrogen) atoms. The molecule has 9 heteroatoms. The van der Waals surface area contributed by atoms with E-state index in [0.29, 0.717) is 41.0 Å². The van der Waals surface area contributed by atoms with Crippen LogP contribution in [-0.4, -0.2) is 23.4 Å². The maximum atomic E-state index is 13.1. The third kappa shape index (κ3) is 5.62. The highest BCUT2D eigenvalue weighted by atomic mass is 19.1. The molecule has 0 unspecified atom stereocenters. The van der Waals surface area contributed by atoms with Crippen molar-refractivity contribution in [2.24, 2.45) is 5.10 Å². The summed E-state index contributed by atoms with van der Waals surface area (Å²) < 4.78 is 18.9. The first-order valence-corrected chi connectivity index (χ1v) is 12.4. The van der Waals surface area contributed by atoms with Crippen LogP contribution in [0.5, 0.6) is 0 Å². The molecular formula is C30H25FN4O4. The average Bonchev–Trinajstić information content (AvgIpc) is 3.32. The summed E-state index contributed by atoms with van der Waals surface area (Å²) in [4.78, 5) is 37.8. The number of hydrazine groups is 1. The van der Waals surface area contributed by atoms with Crippen LogP contribution in [0.4, 0.5) is 4.39 Å². The highest BCUT2D eigenvalue weighted by molar-refractivity contribution is 6.07. The van der Waals surface area contributed by atoms with E-state index in [-0.39, 0.29) is 17.2 Å². The second kappa shape index (κ2) is 11.1. The van der Waals surface area contributed by atoms with Crippen molar-refractivity contribution in [1.82, 2.24) is 16.3 Å². The van der Waals surface area contributed by atoms with Gasteiger partial charge in [0.25, 0.3) is 11.8 Å². The number of halogens is 1. The number of nitrogens with one attached hydrogen (secondary N) is 3. The fourth-order valence-electron chi connectivity index (χ4n) is 4.47. The molecule has 1 heterocycles. The van der Waals surface area contributed by atoms with Gasteiger partial charge in [0.05, 0.1) is 5.71 Å². The van der Waals surface area contributed by atoms with Crippen LogP contribution in [0.1, 0.15) is 61.0 Å². The fraction of sp³-hybridized carbons (Fsp3) is 0.133. The molecule has 0 spiro atoms. The number of rotatable bonds is 5. The van der Waals surface area contributed by atoms with E-state index in [2.05, 4.69) is 21.4 Å². The lowest BCUT2D eigenvalue weighted by atomic mass is 9.93. The molecule has 1 aromatic heterocycles. The summed E-state index contributed by atoms with van der Waals surface area (Å²) in [7, 11) is 0. The minimum absolute atomic E-state index is 0.0387. The Morgan fingerprint density at radius 3 is 2.10 bits per heavy atom. The second-order valence-electron chi connectivity index (χ2n) is 9.07. The van der Waals surface area contributed by atoms with Crippen LogP contribution in [0.3, 0.4) is 0 Å². The van der Waals surface area contributed by atoms with Gasteiger partial charge >= 0.3 is 5.91 Å². The largest absolute Gasteiger partial charge is 0.455 e. The smallest absolute Gasteiger partial charge is 0.305 e. The number of hydrogen-bond acceptors (Lipinski definition) is 5. The molecule has 0 fully saturated rings. The molecule has 3 amide bonds. The molecule has 4 aromatic rings. The van der Waals surface area contributed by atoms with Crippen molar-refractivity contribution in [3.05, 3.63) is 118 Å². The van der Waals surface area contributed by atoms with Crippen molar-refractivity contribution in [3.8, 4) is 11.1 Å². The summed E-state index contributed by atoms with van der Waals surface area (Å²) in [6.07, 6.45) is 1.95. The molecule has 3 aromatic carbocycles. The van der Waals surface area contributed by atoms with Gasteiger partial charge in [-0.15, -0.1) is 0 Å². The molecule has 1 aliphatic carbocycles. The standard InChI is InChI=1S/C30H25FN4O4/c1-18-26-24(32-33-28(36)21-12-10-20(11-13-21)19-6-3-2-4-7-19)8-5-9-25(26)39-27(18)30(38)35-34-29(37)22-14-16-23(31)17-15-22/h2-4,6-7,10-17H,5,8-9H2,1H3,(H,33,36)(H,34,37)(H,35,38)/b32-24+. The van der Waals surface area contributed by atoms with Gasteiger partial charge in [0.15, 0.2) is 5.76 Å². The number of nitrogens with zero attached hydrogens (tertiary/aromatic N) is 1. The Morgan fingerprint density at radius 2 is 1.38 bits per heavy atom. The van der Waals surface area contributed by atoms with E-state index in [1.54, 1.807) is 19.1 Å². The lowest BCUT2D eigenvalue weighted by Crippen LogP contribution is -2.41. The number of amides is 3. The van der Waals surface area contributed by atoms with Gasteiger partial charge in [0.1, 0.15) is 11.6 Å². The third-order valence-electron chi connectivity index (χ3n) is 6.47. The van der Waals surface area contributed by atoms with Crippen LogP contribution in [0.25, 0.3) is 11.1 Å². The number of aryl methyl sites for hydroxylation is 1. The molecule has 0 aliphatic heterocycles. The van der Waals surface area contributed by atoms with Crippen LogP contribution in [0, 0.1) is 12.7 Å². The minimum Gasteiger partial charge on any atom is -0.455 e. The van der Waals surface area contributed by atoms with Gasteiger partial charge < -0.3 is 4.42 Å². The zero-order chi connectivity index (χ0) is 27.4. The number of furan rings is 1. The van der Waals surface area contributed by atoms with Gasteiger partial charge in [0, 0.05) is 28.7 Å². The van der Waals surface area contributed by atoms with E-state index >= 15 is 0 Å². The summed E-state index contributed by atoms with van der Waals surface area (Å²) in [6.45, 7) is 1.73. The molecule has 0 radical (unpaired) electrons. The minimum atomic E-state index is -0.640. The Hall–Kier alpha value is -5.05. The van der Waals surface area contributed by atoms with Crippen LogP contribution < -0.4 is 16.3 Å². The Labute approximate surface area is 223 Å². The lowest BCUT2D eigenvalue weighted by molar-refractivity contribution is 0.0829. The number of benzene rings is 3. The zero-order valence-electron chi connectivity index (χ0n) is 21.1. The van der Waals surface area contributed by atoms with E-state index in [0.717, 1.165) is 29.7 Å². The van der Waals surface area contributed by atoms with Gasteiger partial charge in [-0.2, -0.15) is 5.10 Å². The quantitative estimate of drug-likeness (QED) is 0.321. The summed E-state index contributed by atoms with van der Waals surface area (Å²) >= 11 is 0. The van der Waals surface area contributed by atoms with Gasteiger partial charge in [-0.25, -0.2) is 9.82 Å². The molecule has 3 N–H and O–H groups in total. The molecule has 0 atom stereocenters. The number of hydrogen-bond donors (Lipinski definition) is 3. The molecule has 5 rings (SSSR count). The average molecular weight is 525 g/mol. The van der Waals surface area contributed by atoms with Crippen LogP contribution in [-0.2, 0) is 6.42 Å². The van der Waals surface area contributed by atoms with Crippen molar-refractivity contribution in [2.45, 2.75) is 26.2 Å². The molecular weight excluding hydrogens is 499 g/mol. The first-order valence-electron chi connectivity index (χ1n) is 12.4. The Bertz CT molecular complexity index is 1560. The normalized spacial score (nSPS) is 13.4. The van der Waals surface area contributed by atoms with E-state index in [4.69, 9.17) is 4.42 Å². The van der Waals surface area contributed by atoms with Crippen LogP contribution in [0.15, 0.2) is 88.4 Å². The van der Waals surface area contributed by atoms with E-state index < -0.39 is 17.6 Å². The van der Waals surface area contributed by atoms with Gasteiger partial charge in [-0.3, -0.25) is 25.2 Å². The highest BCUT2D eigenvalue weighted by Gasteiger charge is 2.28. The Morgan fingerprint density at radius 1 is 0.769 bits per heavy atom. The molecule has 8 nitrogen and oxygen atoms in total. The second-order valence-corrected chi connectivity index (χ2v) is 9.07. The van der Waals surface area contributed by atoms with Crippen molar-refractivity contribution in [1.29, 1.82) is 0 Å². The molecule has 0 saturated heterocycles. The number of carbonyl (C=O) groups is 3. The highest BCUT2D eigenvalue weighted by Crippen LogP contribution is 2.30. The number of carbonyl (C=O) groups excluding carboxylic acids is 3. The maximum Gasteiger partial charge on any atom is 0.305 e. The van der Waals surface area contributed by atoms with Gasteiger partial charge in [-0.05, 0) is 67.3 Å². The van der Waals surface area contributed by atoms with Crippen molar-refractivity contribution < 1.29 is 23.2 Å². The third-order valence-corrected chi connectivity index (χ3v) is 6.47.